The van der Waals surface area contributed by atoms with E-state index in [-0.39, 0.29) is 24.0 Å². The molecule has 0 saturated carbocycles. The summed E-state index contributed by atoms with van der Waals surface area (Å²) in [5.41, 5.74) is 0. The van der Waals surface area contributed by atoms with Crippen molar-refractivity contribution < 1.29 is 9.47 Å². The van der Waals surface area contributed by atoms with Gasteiger partial charge < -0.3 is 20.1 Å². The first-order chi connectivity index (χ1) is 10.4. The maximum absolute atomic E-state index is 5.49. The second kappa shape index (κ2) is 15.5. The van der Waals surface area contributed by atoms with Crippen molar-refractivity contribution in [3.8, 4) is 0 Å². The Labute approximate surface area is 154 Å². The van der Waals surface area contributed by atoms with E-state index in [1.807, 2.05) is 6.07 Å². The zero-order valence-corrected chi connectivity index (χ0v) is 16.6. The van der Waals surface area contributed by atoms with Gasteiger partial charge >= 0.3 is 0 Å². The molecule has 0 aromatic carbocycles. The van der Waals surface area contributed by atoms with Crippen molar-refractivity contribution in [2.45, 2.75) is 26.3 Å². The Morgan fingerprint density at radius 1 is 1.18 bits per heavy atom. The Hall–Kier alpha value is -0.380. The van der Waals surface area contributed by atoms with Gasteiger partial charge in [-0.2, -0.15) is 0 Å². The van der Waals surface area contributed by atoms with E-state index in [1.54, 1.807) is 18.4 Å². The summed E-state index contributed by atoms with van der Waals surface area (Å²) in [6.07, 6.45) is 2.29. The van der Waals surface area contributed by atoms with E-state index in [1.165, 1.54) is 11.3 Å². The molecular formula is C15H28IN3O2S. The first-order valence-electron chi connectivity index (χ1n) is 7.49. The number of unbranched alkanes of at least 4 members (excludes halogenated alkanes) is 1. The van der Waals surface area contributed by atoms with E-state index in [2.05, 4.69) is 34.0 Å². The zero-order chi connectivity index (χ0) is 15.2. The number of halogens is 1. The first kappa shape index (κ1) is 21.6. The molecule has 0 aliphatic rings. The summed E-state index contributed by atoms with van der Waals surface area (Å²) in [6, 6.07) is 4.15. The van der Waals surface area contributed by atoms with Gasteiger partial charge in [-0.15, -0.1) is 35.3 Å². The molecule has 2 N–H and O–H groups in total. The monoisotopic (exact) mass is 441 g/mol. The third-order valence-corrected chi connectivity index (χ3v) is 3.66. The number of hydrogen-bond acceptors (Lipinski definition) is 4. The molecular weight excluding hydrogens is 413 g/mol. The number of hydrogen-bond donors (Lipinski definition) is 2. The van der Waals surface area contributed by atoms with Gasteiger partial charge in [-0.3, -0.25) is 4.99 Å². The molecule has 128 valence electrons. The SMILES string of the molecule is CCCCOCCOCCNC(=NC)NCc1cccs1.I. The maximum atomic E-state index is 5.49. The summed E-state index contributed by atoms with van der Waals surface area (Å²) in [5, 5.41) is 8.56. The summed E-state index contributed by atoms with van der Waals surface area (Å²) in [5.74, 6) is 0.797. The number of nitrogens with zero attached hydrogens (tertiary/aromatic N) is 1. The molecule has 0 spiro atoms. The van der Waals surface area contributed by atoms with Gasteiger partial charge in [-0.05, 0) is 17.9 Å². The molecule has 1 aromatic heterocycles. The summed E-state index contributed by atoms with van der Waals surface area (Å²) in [4.78, 5) is 5.46. The van der Waals surface area contributed by atoms with Crippen molar-refractivity contribution in [2.75, 3.05) is 40.0 Å². The fourth-order valence-corrected chi connectivity index (χ4v) is 2.26. The first-order valence-corrected chi connectivity index (χ1v) is 8.37. The standard InChI is InChI=1S/C15H27N3O2S.HI/c1-3-4-8-19-10-11-20-9-7-17-15(16-2)18-13-14-6-5-12-21-14;/h5-6,12H,3-4,7-11,13H2,1-2H3,(H2,16,17,18);1H. The van der Waals surface area contributed by atoms with Crippen LogP contribution in [0.15, 0.2) is 22.5 Å². The fourth-order valence-electron chi connectivity index (χ4n) is 1.61. The van der Waals surface area contributed by atoms with Crippen LogP contribution in [0.25, 0.3) is 0 Å². The highest BCUT2D eigenvalue weighted by atomic mass is 127. The van der Waals surface area contributed by atoms with Gasteiger partial charge in [0.05, 0.1) is 26.4 Å². The predicted molar refractivity (Wildman–Crippen MR) is 104 cm³/mol. The number of rotatable bonds is 11. The lowest BCUT2D eigenvalue weighted by atomic mass is 10.4. The molecule has 7 heteroatoms. The Balaban J connectivity index is 0.00000441. The van der Waals surface area contributed by atoms with Gasteiger partial charge in [0.1, 0.15) is 0 Å². The van der Waals surface area contributed by atoms with E-state index in [0.29, 0.717) is 19.8 Å². The summed E-state index contributed by atoms with van der Waals surface area (Å²) in [6.45, 7) is 6.49. The molecule has 1 rings (SSSR count). The van der Waals surface area contributed by atoms with Crippen LogP contribution in [0, 0.1) is 0 Å². The number of ether oxygens (including phenoxy) is 2. The van der Waals surface area contributed by atoms with Crippen LogP contribution in [-0.2, 0) is 16.0 Å². The van der Waals surface area contributed by atoms with Gasteiger partial charge in [0.15, 0.2) is 5.96 Å². The summed E-state index contributed by atoms with van der Waals surface area (Å²) >= 11 is 1.73. The number of thiophene rings is 1. The molecule has 5 nitrogen and oxygen atoms in total. The van der Waals surface area contributed by atoms with Crippen LogP contribution >= 0.6 is 35.3 Å². The lowest BCUT2D eigenvalue weighted by Crippen LogP contribution is -2.38. The maximum Gasteiger partial charge on any atom is 0.191 e. The largest absolute Gasteiger partial charge is 0.379 e. The van der Waals surface area contributed by atoms with Crippen molar-refractivity contribution in [1.29, 1.82) is 0 Å². The minimum atomic E-state index is 0. The molecule has 22 heavy (non-hydrogen) atoms. The van der Waals surface area contributed by atoms with Crippen LogP contribution in [0.1, 0.15) is 24.6 Å². The Bertz CT molecular complexity index is 375. The lowest BCUT2D eigenvalue weighted by Gasteiger charge is -2.11. The normalized spacial score (nSPS) is 11.1. The molecule has 0 saturated heterocycles. The smallest absolute Gasteiger partial charge is 0.191 e. The number of guanidine groups is 1. The van der Waals surface area contributed by atoms with E-state index in [9.17, 15) is 0 Å². The quantitative estimate of drug-likeness (QED) is 0.240. The van der Waals surface area contributed by atoms with Gasteiger partial charge in [-0.25, -0.2) is 0 Å². The molecule has 1 heterocycles. The predicted octanol–water partition coefficient (Wildman–Crippen LogP) is 2.86. The minimum absolute atomic E-state index is 0. The molecule has 0 atom stereocenters. The van der Waals surface area contributed by atoms with Gasteiger partial charge in [0.25, 0.3) is 0 Å². The number of nitrogens with one attached hydrogen (secondary N) is 2. The zero-order valence-electron chi connectivity index (χ0n) is 13.5. The highest BCUT2D eigenvalue weighted by molar-refractivity contribution is 14.0. The fraction of sp³-hybridized carbons (Fsp3) is 0.667. The summed E-state index contributed by atoms with van der Waals surface area (Å²) in [7, 11) is 1.77. The van der Waals surface area contributed by atoms with Crippen molar-refractivity contribution in [3.63, 3.8) is 0 Å². The van der Waals surface area contributed by atoms with Gasteiger partial charge in [0, 0.05) is 25.1 Å². The molecule has 0 fully saturated rings. The van der Waals surface area contributed by atoms with Crippen LogP contribution in [-0.4, -0.2) is 46.0 Å². The lowest BCUT2D eigenvalue weighted by molar-refractivity contribution is 0.0487. The molecule has 0 unspecified atom stereocenters. The molecule has 1 aromatic rings. The van der Waals surface area contributed by atoms with Crippen LogP contribution in [0.3, 0.4) is 0 Å². The summed E-state index contributed by atoms with van der Waals surface area (Å²) < 4.78 is 10.9. The molecule has 0 amide bonds. The second-order valence-electron chi connectivity index (χ2n) is 4.51. The Morgan fingerprint density at radius 3 is 2.59 bits per heavy atom. The van der Waals surface area contributed by atoms with Crippen molar-refractivity contribution in [1.82, 2.24) is 10.6 Å². The molecule has 0 bridgehead atoms. The van der Waals surface area contributed by atoms with E-state index < -0.39 is 0 Å². The third kappa shape index (κ3) is 11.2. The van der Waals surface area contributed by atoms with E-state index in [0.717, 1.165) is 32.1 Å². The van der Waals surface area contributed by atoms with Crippen LogP contribution in [0.2, 0.25) is 0 Å². The molecule has 0 aliphatic carbocycles. The van der Waals surface area contributed by atoms with Crippen LogP contribution in [0.5, 0.6) is 0 Å². The molecule has 0 radical (unpaired) electrons. The average Bonchev–Trinajstić information content (AvgIpc) is 3.02. The Kier molecular flexibility index (Phi) is 15.2. The van der Waals surface area contributed by atoms with Gasteiger partial charge in [-0.1, -0.05) is 19.4 Å². The van der Waals surface area contributed by atoms with Gasteiger partial charge in [0.2, 0.25) is 0 Å². The van der Waals surface area contributed by atoms with Crippen molar-refractivity contribution in [3.05, 3.63) is 22.4 Å². The average molecular weight is 441 g/mol. The topological polar surface area (TPSA) is 54.9 Å². The van der Waals surface area contributed by atoms with Crippen LogP contribution in [0.4, 0.5) is 0 Å². The van der Waals surface area contributed by atoms with E-state index in [4.69, 9.17) is 9.47 Å². The second-order valence-corrected chi connectivity index (χ2v) is 5.54. The van der Waals surface area contributed by atoms with Crippen molar-refractivity contribution >= 4 is 41.3 Å². The highest BCUT2D eigenvalue weighted by Crippen LogP contribution is 2.06. The number of aliphatic imine (C=N–C) groups is 1. The van der Waals surface area contributed by atoms with E-state index >= 15 is 0 Å². The Morgan fingerprint density at radius 2 is 1.95 bits per heavy atom. The van der Waals surface area contributed by atoms with Crippen molar-refractivity contribution in [2.24, 2.45) is 4.99 Å². The van der Waals surface area contributed by atoms with Crippen LogP contribution < -0.4 is 10.6 Å². The molecule has 0 aliphatic heterocycles. The third-order valence-electron chi connectivity index (χ3n) is 2.79. The minimum Gasteiger partial charge on any atom is -0.379 e. The highest BCUT2D eigenvalue weighted by Gasteiger charge is 1.98.